The highest BCUT2D eigenvalue weighted by Gasteiger charge is 2.33. The third-order valence-corrected chi connectivity index (χ3v) is 2.40. The Morgan fingerprint density at radius 2 is 1.79 bits per heavy atom. The normalized spacial score (nSPS) is 11.5. The lowest BCUT2D eigenvalue weighted by molar-refractivity contribution is -0.138. The van der Waals surface area contributed by atoms with E-state index in [0.717, 1.165) is 7.05 Å². The van der Waals surface area contributed by atoms with Crippen molar-refractivity contribution >= 4 is 12.0 Å². The second-order valence-corrected chi connectivity index (χ2v) is 4.54. The Hall–Kier alpha value is -1.47. The molecule has 0 radical (unpaired) electrons. The summed E-state index contributed by atoms with van der Waals surface area (Å²) in [4.78, 5) is 24.0. The lowest BCUT2D eigenvalue weighted by Gasteiger charge is -2.31. The van der Waals surface area contributed by atoms with Crippen LogP contribution >= 0.6 is 0 Å². The van der Waals surface area contributed by atoms with E-state index in [0.29, 0.717) is 4.90 Å². The molecule has 1 N–H and O–H groups in total. The minimum atomic E-state index is -4.45. The zero-order chi connectivity index (χ0) is 15.2. The van der Waals surface area contributed by atoms with E-state index in [1.807, 2.05) is 0 Å². The molecule has 0 saturated heterocycles. The van der Waals surface area contributed by atoms with Gasteiger partial charge in [-0.05, 0) is 20.3 Å². The highest BCUT2D eigenvalue weighted by atomic mass is 19.4. The van der Waals surface area contributed by atoms with Crippen LogP contribution in [0.4, 0.5) is 18.0 Å². The monoisotopic (exact) mass is 284 g/mol. The number of carboxylic acid groups (broad SMARTS) is 1. The minimum absolute atomic E-state index is 0.116. The zero-order valence-corrected chi connectivity index (χ0v) is 11.2. The van der Waals surface area contributed by atoms with Crippen molar-refractivity contribution in [3.05, 3.63) is 0 Å². The van der Waals surface area contributed by atoms with Crippen LogP contribution in [0, 0.1) is 0 Å². The highest BCUT2D eigenvalue weighted by molar-refractivity contribution is 5.74. The molecule has 0 aliphatic rings. The third-order valence-electron chi connectivity index (χ3n) is 2.40. The lowest BCUT2D eigenvalue weighted by Crippen LogP contribution is -2.48. The first-order chi connectivity index (χ1) is 8.54. The van der Waals surface area contributed by atoms with Crippen molar-refractivity contribution in [1.29, 1.82) is 0 Å². The van der Waals surface area contributed by atoms with Gasteiger partial charge in [0.05, 0.1) is 0 Å². The molecule has 5 nitrogen and oxygen atoms in total. The van der Waals surface area contributed by atoms with Gasteiger partial charge in [-0.15, -0.1) is 0 Å². The average Bonchev–Trinajstić information content (AvgIpc) is 2.20. The Morgan fingerprint density at radius 1 is 1.26 bits per heavy atom. The number of nitrogens with zero attached hydrogens (tertiary/aromatic N) is 2. The number of aliphatic carboxylic acids is 1. The van der Waals surface area contributed by atoms with E-state index in [1.54, 1.807) is 13.8 Å². The quantitative estimate of drug-likeness (QED) is 0.813. The van der Waals surface area contributed by atoms with Crippen LogP contribution in [-0.4, -0.2) is 59.3 Å². The zero-order valence-electron chi connectivity index (χ0n) is 11.2. The van der Waals surface area contributed by atoms with Crippen LogP contribution in [0.3, 0.4) is 0 Å². The maximum atomic E-state index is 12.2. The number of amides is 2. The van der Waals surface area contributed by atoms with E-state index in [2.05, 4.69) is 0 Å². The molecule has 0 rings (SSSR count). The SMILES string of the molecule is CC(C)N(CCCC(=O)O)C(=O)N(C)CC(F)(F)F. The first-order valence-electron chi connectivity index (χ1n) is 5.85. The molecular formula is C11H19F3N2O3. The summed E-state index contributed by atoms with van der Waals surface area (Å²) in [6, 6.07) is -1.05. The smallest absolute Gasteiger partial charge is 0.406 e. The van der Waals surface area contributed by atoms with Crippen LogP contribution in [0.15, 0.2) is 0 Å². The van der Waals surface area contributed by atoms with Gasteiger partial charge < -0.3 is 14.9 Å². The number of rotatable bonds is 6. The molecule has 0 fully saturated rings. The predicted octanol–water partition coefficient (Wildman–Crippen LogP) is 2.18. The van der Waals surface area contributed by atoms with Crippen molar-refractivity contribution in [2.24, 2.45) is 0 Å². The van der Waals surface area contributed by atoms with E-state index < -0.39 is 24.7 Å². The van der Waals surface area contributed by atoms with Gasteiger partial charge >= 0.3 is 18.2 Å². The Morgan fingerprint density at radius 3 is 2.16 bits per heavy atom. The van der Waals surface area contributed by atoms with E-state index >= 15 is 0 Å². The summed E-state index contributed by atoms with van der Waals surface area (Å²) in [5.41, 5.74) is 0. The van der Waals surface area contributed by atoms with Crippen LogP contribution in [0.25, 0.3) is 0 Å². The fourth-order valence-electron chi connectivity index (χ4n) is 1.53. The van der Waals surface area contributed by atoms with Crippen molar-refractivity contribution in [1.82, 2.24) is 9.80 Å². The summed E-state index contributed by atoms with van der Waals surface area (Å²) in [7, 11) is 1.07. The first-order valence-corrected chi connectivity index (χ1v) is 5.85. The number of carbonyl (C=O) groups excluding carboxylic acids is 1. The molecule has 0 unspecified atom stereocenters. The van der Waals surface area contributed by atoms with Crippen molar-refractivity contribution < 1.29 is 27.9 Å². The molecule has 0 atom stereocenters. The van der Waals surface area contributed by atoms with E-state index in [9.17, 15) is 22.8 Å². The Labute approximate surface area is 110 Å². The van der Waals surface area contributed by atoms with Crippen LogP contribution in [-0.2, 0) is 4.79 Å². The van der Waals surface area contributed by atoms with Gasteiger partial charge in [0.25, 0.3) is 0 Å². The summed E-state index contributed by atoms with van der Waals surface area (Å²) in [6.07, 6.45) is -4.37. The van der Waals surface area contributed by atoms with Crippen LogP contribution in [0.2, 0.25) is 0 Å². The number of halogens is 3. The summed E-state index contributed by atoms with van der Waals surface area (Å²) in [5.74, 6) is -1.00. The predicted molar refractivity (Wildman–Crippen MR) is 62.8 cm³/mol. The maximum absolute atomic E-state index is 12.2. The van der Waals surface area contributed by atoms with Crippen LogP contribution in [0.5, 0.6) is 0 Å². The molecule has 19 heavy (non-hydrogen) atoms. The van der Waals surface area contributed by atoms with Crippen molar-refractivity contribution in [3.8, 4) is 0 Å². The van der Waals surface area contributed by atoms with Gasteiger partial charge in [-0.3, -0.25) is 4.79 Å². The molecule has 0 aromatic carbocycles. The molecule has 112 valence electrons. The molecular weight excluding hydrogens is 265 g/mol. The summed E-state index contributed by atoms with van der Waals surface area (Å²) in [5, 5.41) is 8.50. The highest BCUT2D eigenvalue weighted by Crippen LogP contribution is 2.17. The van der Waals surface area contributed by atoms with Crippen LogP contribution in [0.1, 0.15) is 26.7 Å². The van der Waals surface area contributed by atoms with Gasteiger partial charge in [0.15, 0.2) is 0 Å². The molecule has 0 aliphatic carbocycles. The van der Waals surface area contributed by atoms with Crippen molar-refractivity contribution in [3.63, 3.8) is 0 Å². The lowest BCUT2D eigenvalue weighted by atomic mass is 10.2. The van der Waals surface area contributed by atoms with Gasteiger partial charge in [0.2, 0.25) is 0 Å². The van der Waals surface area contributed by atoms with Gasteiger partial charge in [-0.1, -0.05) is 0 Å². The van der Waals surface area contributed by atoms with E-state index in [1.165, 1.54) is 4.90 Å². The first kappa shape index (κ1) is 17.5. The standard InChI is InChI=1S/C11H19F3N2O3/c1-8(2)16(6-4-5-9(17)18)10(19)15(3)7-11(12,13)14/h8H,4-7H2,1-3H3,(H,17,18). The largest absolute Gasteiger partial charge is 0.481 e. The van der Waals surface area contributed by atoms with Crippen LogP contribution < -0.4 is 0 Å². The molecule has 0 aromatic heterocycles. The fraction of sp³-hybridized carbons (Fsp3) is 0.818. The molecule has 0 bridgehead atoms. The molecule has 2 amide bonds. The molecule has 0 spiro atoms. The summed E-state index contributed by atoms with van der Waals surface area (Å²) >= 11 is 0. The number of carboxylic acids is 1. The van der Waals surface area contributed by atoms with Crippen molar-refractivity contribution in [2.75, 3.05) is 20.1 Å². The van der Waals surface area contributed by atoms with E-state index in [-0.39, 0.29) is 25.4 Å². The molecule has 0 aromatic rings. The summed E-state index contributed by atoms with van der Waals surface area (Å²) < 4.78 is 36.6. The second kappa shape index (κ2) is 7.20. The average molecular weight is 284 g/mol. The summed E-state index contributed by atoms with van der Waals surface area (Å²) in [6.45, 7) is 2.12. The Bertz CT molecular complexity index is 319. The molecule has 0 heterocycles. The number of hydrogen-bond donors (Lipinski definition) is 1. The number of alkyl halides is 3. The third kappa shape index (κ3) is 7.53. The number of hydrogen-bond acceptors (Lipinski definition) is 2. The second-order valence-electron chi connectivity index (χ2n) is 4.54. The Balaban J connectivity index is 4.52. The van der Waals surface area contributed by atoms with Gasteiger partial charge in [-0.25, -0.2) is 4.79 Å². The molecule has 0 saturated carbocycles. The molecule has 0 aliphatic heterocycles. The van der Waals surface area contributed by atoms with E-state index in [4.69, 9.17) is 5.11 Å². The maximum Gasteiger partial charge on any atom is 0.406 e. The minimum Gasteiger partial charge on any atom is -0.481 e. The van der Waals surface area contributed by atoms with Gasteiger partial charge in [-0.2, -0.15) is 13.2 Å². The van der Waals surface area contributed by atoms with Crippen molar-refractivity contribution in [2.45, 2.75) is 38.9 Å². The molecule has 8 heteroatoms. The topological polar surface area (TPSA) is 60.9 Å². The fourth-order valence-corrected chi connectivity index (χ4v) is 1.53. The Kier molecular flexibility index (Phi) is 6.64. The van der Waals surface area contributed by atoms with Gasteiger partial charge in [0, 0.05) is 26.1 Å². The number of urea groups is 1. The van der Waals surface area contributed by atoms with Gasteiger partial charge in [0.1, 0.15) is 6.54 Å². The number of carbonyl (C=O) groups is 2.